The van der Waals surface area contributed by atoms with Gasteiger partial charge in [0.2, 0.25) is 0 Å². The Morgan fingerprint density at radius 2 is 2.27 bits per heavy atom. The number of morpholine rings is 1. The molecule has 1 saturated heterocycles. The molecule has 0 spiro atoms. The van der Waals surface area contributed by atoms with E-state index in [0.717, 1.165) is 26.1 Å². The molecule has 2 nitrogen and oxygen atoms in total. The van der Waals surface area contributed by atoms with Crippen LogP contribution in [0.25, 0.3) is 0 Å². The topological polar surface area (TPSA) is 21.3 Å². The number of rotatable bonds is 2. The molecule has 1 fully saturated rings. The minimum Gasteiger partial charge on any atom is -0.375 e. The summed E-state index contributed by atoms with van der Waals surface area (Å²) in [6.07, 6.45) is 1.37. The SMILES string of the molecule is Cc1ccc(CC2CNCCO2)c(C)c1. The van der Waals surface area contributed by atoms with Crippen molar-refractivity contribution < 1.29 is 4.74 Å². The molecular formula is C13H19NO. The maximum atomic E-state index is 5.70. The summed E-state index contributed by atoms with van der Waals surface area (Å²) in [6.45, 7) is 7.13. The summed E-state index contributed by atoms with van der Waals surface area (Å²) in [5, 5.41) is 3.36. The first kappa shape index (κ1) is 10.7. The van der Waals surface area contributed by atoms with Gasteiger partial charge in [0.1, 0.15) is 0 Å². The van der Waals surface area contributed by atoms with E-state index in [2.05, 4.69) is 37.4 Å². The van der Waals surface area contributed by atoms with Crippen molar-refractivity contribution >= 4 is 0 Å². The Hall–Kier alpha value is -0.860. The van der Waals surface area contributed by atoms with E-state index in [1.165, 1.54) is 16.7 Å². The fourth-order valence-electron chi connectivity index (χ4n) is 2.07. The predicted octanol–water partition coefficient (Wildman–Crippen LogP) is 1.83. The lowest BCUT2D eigenvalue weighted by Crippen LogP contribution is -2.39. The Morgan fingerprint density at radius 3 is 2.93 bits per heavy atom. The van der Waals surface area contributed by atoms with Crippen LogP contribution >= 0.6 is 0 Å². The van der Waals surface area contributed by atoms with Crippen molar-refractivity contribution in [3.05, 3.63) is 34.9 Å². The number of benzene rings is 1. The molecule has 0 amide bonds. The van der Waals surface area contributed by atoms with Crippen molar-refractivity contribution in [2.75, 3.05) is 19.7 Å². The molecular weight excluding hydrogens is 186 g/mol. The van der Waals surface area contributed by atoms with Gasteiger partial charge in [-0.15, -0.1) is 0 Å². The van der Waals surface area contributed by atoms with E-state index in [1.54, 1.807) is 0 Å². The summed E-state index contributed by atoms with van der Waals surface area (Å²) in [5.74, 6) is 0. The van der Waals surface area contributed by atoms with Crippen LogP contribution < -0.4 is 5.32 Å². The van der Waals surface area contributed by atoms with Gasteiger partial charge in [0.25, 0.3) is 0 Å². The molecule has 1 aromatic carbocycles. The number of hydrogen-bond donors (Lipinski definition) is 1. The molecule has 1 heterocycles. The van der Waals surface area contributed by atoms with Crippen molar-refractivity contribution in [1.29, 1.82) is 0 Å². The summed E-state index contributed by atoms with van der Waals surface area (Å²) >= 11 is 0. The third-order valence-electron chi connectivity index (χ3n) is 2.95. The van der Waals surface area contributed by atoms with E-state index in [0.29, 0.717) is 6.10 Å². The summed E-state index contributed by atoms with van der Waals surface area (Å²) in [5.41, 5.74) is 4.12. The molecule has 0 radical (unpaired) electrons. The molecule has 2 rings (SSSR count). The predicted molar refractivity (Wildman–Crippen MR) is 62.2 cm³/mol. The summed E-state index contributed by atoms with van der Waals surface area (Å²) < 4.78 is 5.70. The highest BCUT2D eigenvalue weighted by molar-refractivity contribution is 5.30. The average Bonchev–Trinajstić information content (AvgIpc) is 2.24. The molecule has 1 atom stereocenters. The third-order valence-corrected chi connectivity index (χ3v) is 2.95. The smallest absolute Gasteiger partial charge is 0.0740 e. The summed E-state index contributed by atoms with van der Waals surface area (Å²) in [7, 11) is 0. The molecule has 0 aliphatic carbocycles. The lowest BCUT2D eigenvalue weighted by atomic mass is 10.00. The van der Waals surface area contributed by atoms with Gasteiger partial charge in [-0.3, -0.25) is 0 Å². The Morgan fingerprint density at radius 1 is 1.40 bits per heavy atom. The van der Waals surface area contributed by atoms with E-state index in [-0.39, 0.29) is 0 Å². The second kappa shape index (κ2) is 4.77. The van der Waals surface area contributed by atoms with Crippen LogP contribution in [0.3, 0.4) is 0 Å². The molecule has 1 aliphatic heterocycles. The highest BCUT2D eigenvalue weighted by Gasteiger charge is 2.14. The lowest BCUT2D eigenvalue weighted by molar-refractivity contribution is 0.0291. The summed E-state index contributed by atoms with van der Waals surface area (Å²) in [6, 6.07) is 6.65. The van der Waals surface area contributed by atoms with Crippen LogP contribution in [-0.4, -0.2) is 25.8 Å². The largest absolute Gasteiger partial charge is 0.375 e. The van der Waals surface area contributed by atoms with Gasteiger partial charge in [-0.05, 0) is 25.0 Å². The van der Waals surface area contributed by atoms with Gasteiger partial charge >= 0.3 is 0 Å². The normalized spacial score (nSPS) is 21.6. The van der Waals surface area contributed by atoms with Crippen LogP contribution in [0.15, 0.2) is 18.2 Å². The molecule has 0 aromatic heterocycles. The highest BCUT2D eigenvalue weighted by atomic mass is 16.5. The minimum absolute atomic E-state index is 0.347. The first-order valence-electron chi connectivity index (χ1n) is 5.64. The average molecular weight is 205 g/mol. The van der Waals surface area contributed by atoms with E-state index in [1.807, 2.05) is 0 Å². The van der Waals surface area contributed by atoms with E-state index < -0.39 is 0 Å². The number of hydrogen-bond acceptors (Lipinski definition) is 2. The molecule has 0 bridgehead atoms. The van der Waals surface area contributed by atoms with Gasteiger partial charge < -0.3 is 10.1 Å². The van der Waals surface area contributed by atoms with Gasteiger partial charge in [0, 0.05) is 19.5 Å². The number of ether oxygens (including phenoxy) is 1. The molecule has 1 aliphatic rings. The highest BCUT2D eigenvalue weighted by Crippen LogP contribution is 2.14. The molecule has 15 heavy (non-hydrogen) atoms. The van der Waals surface area contributed by atoms with E-state index in [4.69, 9.17) is 4.74 Å². The van der Waals surface area contributed by atoms with Crippen LogP contribution in [0.2, 0.25) is 0 Å². The Labute approximate surface area is 91.6 Å². The van der Waals surface area contributed by atoms with Gasteiger partial charge in [-0.1, -0.05) is 23.8 Å². The number of nitrogens with one attached hydrogen (secondary N) is 1. The van der Waals surface area contributed by atoms with Crippen LogP contribution in [-0.2, 0) is 11.2 Å². The molecule has 1 unspecified atom stereocenters. The van der Waals surface area contributed by atoms with Crippen LogP contribution in [0.1, 0.15) is 16.7 Å². The van der Waals surface area contributed by atoms with Crippen LogP contribution in [0, 0.1) is 13.8 Å². The zero-order valence-electron chi connectivity index (χ0n) is 9.55. The first-order chi connectivity index (χ1) is 7.25. The second-order valence-electron chi connectivity index (χ2n) is 4.33. The van der Waals surface area contributed by atoms with Crippen molar-refractivity contribution in [3.63, 3.8) is 0 Å². The Bertz CT molecular complexity index is 329. The maximum Gasteiger partial charge on any atom is 0.0740 e. The molecule has 0 saturated carbocycles. The Balaban J connectivity index is 2.03. The van der Waals surface area contributed by atoms with Crippen molar-refractivity contribution in [2.24, 2.45) is 0 Å². The van der Waals surface area contributed by atoms with Crippen molar-refractivity contribution in [2.45, 2.75) is 26.4 Å². The first-order valence-corrected chi connectivity index (χ1v) is 5.64. The van der Waals surface area contributed by atoms with Gasteiger partial charge in [0.05, 0.1) is 12.7 Å². The molecule has 2 heteroatoms. The van der Waals surface area contributed by atoms with E-state index >= 15 is 0 Å². The number of aryl methyl sites for hydroxylation is 2. The monoisotopic (exact) mass is 205 g/mol. The standard InChI is InChI=1S/C13H19NO/c1-10-3-4-12(11(2)7-10)8-13-9-14-5-6-15-13/h3-4,7,13-14H,5-6,8-9H2,1-2H3. The minimum atomic E-state index is 0.347. The molecule has 1 N–H and O–H groups in total. The Kier molecular flexibility index (Phi) is 3.39. The van der Waals surface area contributed by atoms with E-state index in [9.17, 15) is 0 Å². The fourth-order valence-corrected chi connectivity index (χ4v) is 2.07. The van der Waals surface area contributed by atoms with Gasteiger partial charge in [-0.2, -0.15) is 0 Å². The van der Waals surface area contributed by atoms with Crippen LogP contribution in [0.4, 0.5) is 0 Å². The quantitative estimate of drug-likeness (QED) is 0.795. The zero-order chi connectivity index (χ0) is 10.7. The fraction of sp³-hybridized carbons (Fsp3) is 0.538. The maximum absolute atomic E-state index is 5.70. The van der Waals surface area contributed by atoms with Gasteiger partial charge in [-0.25, -0.2) is 0 Å². The second-order valence-corrected chi connectivity index (χ2v) is 4.33. The van der Waals surface area contributed by atoms with Gasteiger partial charge in [0.15, 0.2) is 0 Å². The zero-order valence-corrected chi connectivity index (χ0v) is 9.55. The van der Waals surface area contributed by atoms with Crippen molar-refractivity contribution in [1.82, 2.24) is 5.32 Å². The molecule has 1 aromatic rings. The summed E-state index contributed by atoms with van der Waals surface area (Å²) in [4.78, 5) is 0. The molecule has 82 valence electrons. The van der Waals surface area contributed by atoms with Crippen molar-refractivity contribution in [3.8, 4) is 0 Å². The third kappa shape index (κ3) is 2.80. The lowest BCUT2D eigenvalue weighted by Gasteiger charge is -2.24. The van der Waals surface area contributed by atoms with Crippen LogP contribution in [0.5, 0.6) is 0 Å².